The fourth-order valence-corrected chi connectivity index (χ4v) is 2.62. The Hall–Kier alpha value is -1.36. The van der Waals surface area contributed by atoms with Gasteiger partial charge in [0.2, 0.25) is 0 Å². The number of aliphatic hydroxyl groups excluding tert-OH is 1. The molecule has 0 aliphatic heterocycles. The molecule has 4 heteroatoms. The van der Waals surface area contributed by atoms with Crippen molar-refractivity contribution in [3.05, 3.63) is 64.1 Å². The number of aliphatic hydroxyl groups is 1. The number of halogens is 1. The lowest BCUT2D eigenvalue weighted by Crippen LogP contribution is -2.23. The Labute approximate surface area is 127 Å². The minimum Gasteiger partial charge on any atom is -0.496 e. The highest BCUT2D eigenvalue weighted by atomic mass is 79.9. The standard InChI is InChI=1S/C16H18BrNO2/c1-20-16-8-7-12(9-14(16)17)10-18-15(11-19)13-5-3-2-4-6-13/h2-9,15,18-19H,10-11H2,1H3/t15-/m1/s1. The first-order valence-electron chi connectivity index (χ1n) is 6.46. The van der Waals surface area contributed by atoms with Gasteiger partial charge in [0.15, 0.2) is 0 Å². The molecule has 20 heavy (non-hydrogen) atoms. The van der Waals surface area contributed by atoms with Crippen molar-refractivity contribution >= 4 is 15.9 Å². The molecule has 106 valence electrons. The van der Waals surface area contributed by atoms with Crippen LogP contribution in [0.1, 0.15) is 17.2 Å². The lowest BCUT2D eigenvalue weighted by Gasteiger charge is -2.17. The summed E-state index contributed by atoms with van der Waals surface area (Å²) in [6.45, 7) is 0.754. The summed E-state index contributed by atoms with van der Waals surface area (Å²) in [7, 11) is 1.65. The van der Waals surface area contributed by atoms with Gasteiger partial charge in [0.05, 0.1) is 24.2 Å². The molecule has 0 radical (unpaired) electrons. The first-order valence-corrected chi connectivity index (χ1v) is 7.25. The minimum atomic E-state index is -0.0583. The first kappa shape index (κ1) is 15.0. The van der Waals surface area contributed by atoms with Gasteiger partial charge < -0.3 is 15.2 Å². The van der Waals surface area contributed by atoms with Gasteiger partial charge in [-0.1, -0.05) is 36.4 Å². The molecule has 2 rings (SSSR count). The van der Waals surface area contributed by atoms with Gasteiger partial charge in [-0.15, -0.1) is 0 Å². The third-order valence-electron chi connectivity index (χ3n) is 3.15. The van der Waals surface area contributed by atoms with E-state index in [-0.39, 0.29) is 12.6 Å². The van der Waals surface area contributed by atoms with Crippen molar-refractivity contribution in [2.75, 3.05) is 13.7 Å². The molecule has 2 aromatic rings. The van der Waals surface area contributed by atoms with Crippen molar-refractivity contribution in [3.8, 4) is 5.75 Å². The topological polar surface area (TPSA) is 41.5 Å². The van der Waals surface area contributed by atoms with Crippen molar-refractivity contribution in [1.29, 1.82) is 0 Å². The van der Waals surface area contributed by atoms with Crippen LogP contribution < -0.4 is 10.1 Å². The molecule has 2 aromatic carbocycles. The van der Waals surface area contributed by atoms with Crippen LogP contribution in [0.3, 0.4) is 0 Å². The number of rotatable bonds is 6. The summed E-state index contributed by atoms with van der Waals surface area (Å²) >= 11 is 3.47. The molecule has 0 spiro atoms. The third-order valence-corrected chi connectivity index (χ3v) is 3.77. The Morgan fingerprint density at radius 1 is 1.20 bits per heavy atom. The van der Waals surface area contributed by atoms with E-state index in [1.165, 1.54) is 0 Å². The van der Waals surface area contributed by atoms with Gasteiger partial charge >= 0.3 is 0 Å². The summed E-state index contributed by atoms with van der Waals surface area (Å²) in [5.41, 5.74) is 2.22. The Balaban J connectivity index is 2.02. The molecule has 3 nitrogen and oxygen atoms in total. The second kappa shape index (κ2) is 7.43. The summed E-state index contributed by atoms with van der Waals surface area (Å²) in [4.78, 5) is 0. The van der Waals surface area contributed by atoms with Crippen LogP contribution in [-0.2, 0) is 6.54 Å². The maximum absolute atomic E-state index is 9.50. The van der Waals surface area contributed by atoms with Gasteiger partial charge in [0.25, 0.3) is 0 Å². The van der Waals surface area contributed by atoms with Gasteiger partial charge in [-0.05, 0) is 39.2 Å². The van der Waals surface area contributed by atoms with Crippen molar-refractivity contribution in [2.24, 2.45) is 0 Å². The Kier molecular flexibility index (Phi) is 5.59. The molecule has 1 atom stereocenters. The lowest BCUT2D eigenvalue weighted by molar-refractivity contribution is 0.243. The molecule has 0 aromatic heterocycles. The van der Waals surface area contributed by atoms with Gasteiger partial charge in [-0.2, -0.15) is 0 Å². The van der Waals surface area contributed by atoms with Crippen LogP contribution in [0.5, 0.6) is 5.75 Å². The van der Waals surface area contributed by atoms with E-state index in [2.05, 4.69) is 21.2 Å². The van der Waals surface area contributed by atoms with Gasteiger partial charge in [-0.25, -0.2) is 0 Å². The highest BCUT2D eigenvalue weighted by Crippen LogP contribution is 2.25. The molecule has 0 saturated heterocycles. The van der Waals surface area contributed by atoms with Crippen LogP contribution in [0.4, 0.5) is 0 Å². The zero-order chi connectivity index (χ0) is 14.4. The zero-order valence-corrected chi connectivity index (χ0v) is 12.9. The fraction of sp³-hybridized carbons (Fsp3) is 0.250. The molecule has 0 unspecified atom stereocenters. The Morgan fingerprint density at radius 2 is 1.95 bits per heavy atom. The molecular weight excluding hydrogens is 318 g/mol. The van der Waals surface area contributed by atoms with Gasteiger partial charge in [-0.3, -0.25) is 0 Å². The second-order valence-corrected chi connectivity index (χ2v) is 5.35. The van der Waals surface area contributed by atoms with E-state index in [1.54, 1.807) is 7.11 Å². The average Bonchev–Trinajstić information content (AvgIpc) is 2.49. The smallest absolute Gasteiger partial charge is 0.133 e. The highest BCUT2D eigenvalue weighted by Gasteiger charge is 2.09. The molecule has 0 aliphatic rings. The summed E-state index contributed by atoms with van der Waals surface area (Å²) < 4.78 is 6.14. The van der Waals surface area contributed by atoms with Crippen molar-refractivity contribution < 1.29 is 9.84 Å². The molecule has 0 heterocycles. The molecular formula is C16H18BrNO2. The van der Waals surface area contributed by atoms with Crippen LogP contribution in [0.15, 0.2) is 53.0 Å². The molecule has 0 aliphatic carbocycles. The number of hydrogen-bond donors (Lipinski definition) is 2. The molecule has 0 saturated carbocycles. The summed E-state index contributed by atoms with van der Waals surface area (Å²) in [6, 6.07) is 15.8. The number of nitrogens with one attached hydrogen (secondary N) is 1. The van der Waals surface area contributed by atoms with E-state index in [0.29, 0.717) is 6.54 Å². The van der Waals surface area contributed by atoms with Crippen molar-refractivity contribution in [1.82, 2.24) is 5.32 Å². The maximum atomic E-state index is 9.50. The average molecular weight is 336 g/mol. The fourth-order valence-electron chi connectivity index (χ4n) is 2.03. The van der Waals surface area contributed by atoms with E-state index >= 15 is 0 Å². The lowest BCUT2D eigenvalue weighted by atomic mass is 10.1. The number of ether oxygens (including phenoxy) is 1. The van der Waals surface area contributed by atoms with Crippen LogP contribution >= 0.6 is 15.9 Å². The molecule has 0 bridgehead atoms. The SMILES string of the molecule is COc1ccc(CN[C@H](CO)c2ccccc2)cc1Br. The predicted octanol–water partition coefficient (Wildman–Crippen LogP) is 3.28. The third kappa shape index (κ3) is 3.82. The predicted molar refractivity (Wildman–Crippen MR) is 83.8 cm³/mol. The quantitative estimate of drug-likeness (QED) is 0.851. The van der Waals surface area contributed by atoms with Crippen molar-refractivity contribution in [2.45, 2.75) is 12.6 Å². The Morgan fingerprint density at radius 3 is 2.55 bits per heavy atom. The van der Waals surface area contributed by atoms with Crippen LogP contribution in [0.25, 0.3) is 0 Å². The van der Waals surface area contributed by atoms with E-state index in [0.717, 1.165) is 21.3 Å². The maximum Gasteiger partial charge on any atom is 0.133 e. The van der Waals surface area contributed by atoms with Crippen LogP contribution in [0, 0.1) is 0 Å². The molecule has 0 fully saturated rings. The summed E-state index contributed by atoms with van der Waals surface area (Å²) in [6.07, 6.45) is 0. The van der Waals surface area contributed by atoms with E-state index in [4.69, 9.17) is 4.74 Å². The normalized spacial score (nSPS) is 12.2. The minimum absolute atomic E-state index is 0.0583. The largest absolute Gasteiger partial charge is 0.496 e. The van der Waals surface area contributed by atoms with E-state index < -0.39 is 0 Å². The van der Waals surface area contributed by atoms with Crippen molar-refractivity contribution in [3.63, 3.8) is 0 Å². The summed E-state index contributed by atoms with van der Waals surface area (Å²) in [5, 5.41) is 12.9. The molecule has 2 N–H and O–H groups in total. The first-order chi connectivity index (χ1) is 9.74. The zero-order valence-electron chi connectivity index (χ0n) is 11.3. The summed E-state index contributed by atoms with van der Waals surface area (Å²) in [5.74, 6) is 0.815. The molecule has 0 amide bonds. The number of benzene rings is 2. The Bertz CT molecular complexity index is 545. The van der Waals surface area contributed by atoms with Gasteiger partial charge in [0.1, 0.15) is 5.75 Å². The van der Waals surface area contributed by atoms with E-state index in [1.807, 2.05) is 48.5 Å². The van der Waals surface area contributed by atoms with E-state index in [9.17, 15) is 5.11 Å². The van der Waals surface area contributed by atoms with Crippen LogP contribution in [-0.4, -0.2) is 18.8 Å². The second-order valence-electron chi connectivity index (χ2n) is 4.50. The van der Waals surface area contributed by atoms with Crippen LogP contribution in [0.2, 0.25) is 0 Å². The number of methoxy groups -OCH3 is 1. The van der Waals surface area contributed by atoms with Gasteiger partial charge in [0, 0.05) is 6.54 Å². The monoisotopic (exact) mass is 335 g/mol. The number of hydrogen-bond acceptors (Lipinski definition) is 3. The highest BCUT2D eigenvalue weighted by molar-refractivity contribution is 9.10.